The third kappa shape index (κ3) is 6.83. The highest BCUT2D eigenvalue weighted by Crippen LogP contribution is 2.37. The van der Waals surface area contributed by atoms with Crippen molar-refractivity contribution in [3.8, 4) is 0 Å². The molecule has 1 saturated carbocycles. The van der Waals surface area contributed by atoms with Gasteiger partial charge in [0, 0.05) is 37.7 Å². The molecular weight excluding hydrogens is 537 g/mol. The summed E-state index contributed by atoms with van der Waals surface area (Å²) >= 11 is 14.3. The van der Waals surface area contributed by atoms with Gasteiger partial charge in [-0.05, 0) is 60.2 Å². The van der Waals surface area contributed by atoms with Crippen molar-refractivity contribution in [3.05, 3.63) is 39.2 Å². The number of carboxylic acid groups (broad SMARTS) is 1. The molecule has 2 aromatic rings. The van der Waals surface area contributed by atoms with Crippen LogP contribution in [0.1, 0.15) is 44.1 Å². The van der Waals surface area contributed by atoms with E-state index < -0.39 is 17.8 Å². The molecule has 3 amide bonds. The Hall–Kier alpha value is -2.62. The second-order valence-corrected chi connectivity index (χ2v) is 11.2. The number of nitrogens with zero attached hydrogens (tertiary/aromatic N) is 1. The number of carboxylic acids is 1. The zero-order chi connectivity index (χ0) is 26.5. The Kier molecular flexibility index (Phi) is 9.10. The van der Waals surface area contributed by atoms with Gasteiger partial charge in [-0.3, -0.25) is 19.2 Å². The number of halogens is 2. The second-order valence-electron chi connectivity index (χ2n) is 9.54. The number of hydrogen-bond acceptors (Lipinski definition) is 5. The minimum atomic E-state index is -1.09. The minimum Gasteiger partial charge on any atom is -0.481 e. The van der Waals surface area contributed by atoms with E-state index in [-0.39, 0.29) is 36.7 Å². The minimum absolute atomic E-state index is 0.000654. The van der Waals surface area contributed by atoms with Crippen LogP contribution in [0.2, 0.25) is 10.0 Å². The van der Waals surface area contributed by atoms with Crippen molar-refractivity contribution in [2.24, 2.45) is 11.8 Å². The monoisotopic (exact) mass is 565 g/mol. The smallest absolute Gasteiger partial charge is 0.304 e. The van der Waals surface area contributed by atoms with Crippen molar-refractivity contribution < 1.29 is 24.3 Å². The van der Waals surface area contributed by atoms with E-state index in [0.717, 1.165) is 29.3 Å². The fourth-order valence-corrected chi connectivity index (χ4v) is 5.97. The van der Waals surface area contributed by atoms with Gasteiger partial charge < -0.3 is 20.6 Å². The molecule has 1 saturated heterocycles. The van der Waals surface area contributed by atoms with E-state index in [4.69, 9.17) is 23.2 Å². The summed E-state index contributed by atoms with van der Waals surface area (Å²) in [6, 6.07) is 3.67. The van der Waals surface area contributed by atoms with Crippen molar-refractivity contribution in [2.75, 3.05) is 19.6 Å². The maximum atomic E-state index is 12.8. The summed E-state index contributed by atoms with van der Waals surface area (Å²) in [5.41, 5.74) is 0.668. The second kappa shape index (κ2) is 12.3. The fourth-order valence-electron chi connectivity index (χ4n) is 4.53. The Morgan fingerprint density at radius 2 is 1.86 bits per heavy atom. The van der Waals surface area contributed by atoms with Crippen molar-refractivity contribution in [1.82, 2.24) is 15.5 Å². The summed E-state index contributed by atoms with van der Waals surface area (Å²) in [7, 11) is 0. The van der Waals surface area contributed by atoms with Crippen LogP contribution in [0.15, 0.2) is 23.6 Å². The molecule has 198 valence electrons. The molecule has 0 spiro atoms. The summed E-state index contributed by atoms with van der Waals surface area (Å²) < 4.78 is 0.908. The predicted molar refractivity (Wildman–Crippen MR) is 145 cm³/mol. The van der Waals surface area contributed by atoms with Gasteiger partial charge in [0.2, 0.25) is 17.7 Å². The predicted octanol–water partition coefficient (Wildman–Crippen LogP) is 4.34. The summed E-state index contributed by atoms with van der Waals surface area (Å²) in [6.07, 6.45) is 6.55. The average molecular weight is 567 g/mol. The highest BCUT2D eigenvalue weighted by Gasteiger charge is 2.30. The van der Waals surface area contributed by atoms with Crippen LogP contribution in [0.5, 0.6) is 0 Å². The van der Waals surface area contributed by atoms with Gasteiger partial charge in [-0.1, -0.05) is 29.6 Å². The number of carbonyl (C=O) groups is 4. The van der Waals surface area contributed by atoms with Gasteiger partial charge in [0.05, 0.1) is 27.1 Å². The normalized spacial score (nSPS) is 17.5. The molecule has 1 aromatic heterocycles. The van der Waals surface area contributed by atoms with E-state index in [2.05, 4.69) is 10.6 Å². The van der Waals surface area contributed by atoms with Gasteiger partial charge in [0.1, 0.15) is 0 Å². The Morgan fingerprint density at radius 1 is 1.14 bits per heavy atom. The highest BCUT2D eigenvalue weighted by atomic mass is 35.5. The Morgan fingerprint density at radius 3 is 2.51 bits per heavy atom. The number of nitrogens with one attached hydrogen (secondary N) is 2. The van der Waals surface area contributed by atoms with Crippen LogP contribution in [0, 0.1) is 11.8 Å². The largest absolute Gasteiger partial charge is 0.481 e. The third-order valence-electron chi connectivity index (χ3n) is 7.00. The number of rotatable bonds is 9. The third-order valence-corrected chi connectivity index (χ3v) is 8.94. The molecule has 0 radical (unpaired) electrons. The molecule has 3 N–H and O–H groups in total. The van der Waals surface area contributed by atoms with Crippen LogP contribution >= 0.6 is 34.5 Å². The quantitative estimate of drug-likeness (QED) is 0.391. The summed E-state index contributed by atoms with van der Waals surface area (Å²) in [4.78, 5) is 50.6. The van der Waals surface area contributed by atoms with Crippen molar-refractivity contribution in [2.45, 2.75) is 44.6 Å². The lowest BCUT2D eigenvalue weighted by Crippen LogP contribution is -2.49. The molecule has 1 aliphatic carbocycles. The SMILES string of the molecule is O=C(O)CC(CNC(=O)C1CCC1)C(=O)NC1CCN(C(=O)C=Cc2cc3ccsc3c(Cl)c2Cl)CC1. The van der Waals surface area contributed by atoms with Crippen LogP contribution < -0.4 is 10.6 Å². The van der Waals surface area contributed by atoms with E-state index >= 15 is 0 Å². The topological polar surface area (TPSA) is 116 Å². The zero-order valence-electron chi connectivity index (χ0n) is 20.2. The molecule has 1 atom stereocenters. The number of piperidine rings is 1. The maximum Gasteiger partial charge on any atom is 0.304 e. The molecular formula is C26H29Cl2N3O5S. The summed E-state index contributed by atoms with van der Waals surface area (Å²) in [6.45, 7) is 0.904. The van der Waals surface area contributed by atoms with E-state index in [0.29, 0.717) is 41.5 Å². The van der Waals surface area contributed by atoms with Crippen LogP contribution in [-0.4, -0.2) is 59.4 Å². The van der Waals surface area contributed by atoms with E-state index in [1.807, 2.05) is 17.5 Å². The Bertz CT molecular complexity index is 1220. The van der Waals surface area contributed by atoms with Gasteiger partial charge in [-0.15, -0.1) is 11.3 Å². The lowest BCUT2D eigenvalue weighted by atomic mass is 9.84. The molecule has 2 fully saturated rings. The lowest BCUT2D eigenvalue weighted by molar-refractivity contribution is -0.142. The first-order valence-electron chi connectivity index (χ1n) is 12.3. The fraction of sp³-hybridized carbons (Fsp3) is 0.462. The number of thiophene rings is 1. The van der Waals surface area contributed by atoms with Crippen molar-refractivity contribution >= 4 is 74.4 Å². The number of benzene rings is 1. The van der Waals surface area contributed by atoms with Crippen molar-refractivity contribution in [3.63, 3.8) is 0 Å². The lowest BCUT2D eigenvalue weighted by Gasteiger charge is -2.32. The van der Waals surface area contributed by atoms with Gasteiger partial charge >= 0.3 is 5.97 Å². The van der Waals surface area contributed by atoms with Crippen LogP contribution in [0.25, 0.3) is 16.2 Å². The van der Waals surface area contributed by atoms with Crippen LogP contribution in [0.3, 0.4) is 0 Å². The maximum absolute atomic E-state index is 12.8. The van der Waals surface area contributed by atoms with E-state index in [9.17, 15) is 24.3 Å². The first kappa shape index (κ1) is 27.4. The molecule has 1 aliphatic heterocycles. The van der Waals surface area contributed by atoms with Crippen molar-refractivity contribution in [1.29, 1.82) is 0 Å². The molecule has 1 unspecified atom stereocenters. The van der Waals surface area contributed by atoms with Gasteiger partial charge in [-0.25, -0.2) is 0 Å². The number of likely N-dealkylation sites (tertiary alicyclic amines) is 1. The highest BCUT2D eigenvalue weighted by molar-refractivity contribution is 7.18. The molecule has 1 aromatic carbocycles. The molecule has 0 bridgehead atoms. The first-order chi connectivity index (χ1) is 17.7. The first-order valence-corrected chi connectivity index (χ1v) is 14.0. The standard InChI is InChI=1S/C26H29Cl2N3O5S/c27-22-16(12-17-8-11-37-24(17)23(22)28)4-5-20(32)31-9-6-19(7-10-31)30-26(36)18(13-21(33)34)14-29-25(35)15-2-1-3-15/h4-5,8,11-12,15,18-19H,1-3,6-7,9-10,13-14H2,(H,29,35)(H,30,36)(H,33,34). The van der Waals surface area contributed by atoms with E-state index in [1.54, 1.807) is 11.0 Å². The number of aliphatic carboxylic acids is 1. The van der Waals surface area contributed by atoms with Gasteiger partial charge in [-0.2, -0.15) is 0 Å². The van der Waals surface area contributed by atoms with E-state index in [1.165, 1.54) is 17.4 Å². The summed E-state index contributed by atoms with van der Waals surface area (Å²) in [5.74, 6) is -2.64. The van der Waals surface area contributed by atoms with Crippen LogP contribution in [0.4, 0.5) is 0 Å². The average Bonchev–Trinajstić information content (AvgIpc) is 3.30. The number of hydrogen-bond donors (Lipinski definition) is 3. The molecule has 4 rings (SSSR count). The Balaban J connectivity index is 1.27. The Labute approximate surface area is 229 Å². The molecule has 37 heavy (non-hydrogen) atoms. The zero-order valence-corrected chi connectivity index (χ0v) is 22.5. The number of carbonyl (C=O) groups excluding carboxylic acids is 3. The molecule has 2 heterocycles. The number of amides is 3. The molecule has 8 nitrogen and oxygen atoms in total. The van der Waals surface area contributed by atoms with Gasteiger partial charge in [0.15, 0.2) is 0 Å². The molecule has 11 heteroatoms. The van der Waals surface area contributed by atoms with Gasteiger partial charge in [0.25, 0.3) is 0 Å². The summed E-state index contributed by atoms with van der Waals surface area (Å²) in [5, 5.41) is 18.6. The number of fused-ring (bicyclic) bond motifs is 1. The molecule has 2 aliphatic rings. The van der Waals surface area contributed by atoms with Crippen LogP contribution in [-0.2, 0) is 19.2 Å².